The van der Waals surface area contributed by atoms with Crippen LogP contribution in [-0.4, -0.2) is 29.7 Å². The lowest BCUT2D eigenvalue weighted by atomic mass is 10.2. The largest absolute Gasteiger partial charge is 0.490 e. The predicted octanol–water partition coefficient (Wildman–Crippen LogP) is 1.15. The molecule has 17 heavy (non-hydrogen) atoms. The van der Waals surface area contributed by atoms with Gasteiger partial charge in [0.15, 0.2) is 11.6 Å². The molecule has 0 radical (unpaired) electrons. The molecular weight excluding hydrogens is 218 g/mol. The summed E-state index contributed by atoms with van der Waals surface area (Å²) < 4.78 is 5.36. The maximum Gasteiger partial charge on any atom is 0.205 e. The molecule has 1 atom stereocenters. The van der Waals surface area contributed by atoms with E-state index < -0.39 is 0 Å². The van der Waals surface area contributed by atoms with Crippen LogP contribution in [0.1, 0.15) is 26.2 Å². The first-order valence-corrected chi connectivity index (χ1v) is 5.94. The smallest absolute Gasteiger partial charge is 0.205 e. The predicted molar refractivity (Wildman–Crippen MR) is 67.1 cm³/mol. The van der Waals surface area contributed by atoms with E-state index in [1.165, 1.54) is 19.2 Å². The molecule has 0 aliphatic carbocycles. The summed E-state index contributed by atoms with van der Waals surface area (Å²) in [5, 5.41) is 0. The third kappa shape index (κ3) is 2.12. The number of nitrogens with two attached hydrogens (primary N) is 1. The van der Waals surface area contributed by atoms with E-state index in [9.17, 15) is 0 Å². The maximum absolute atomic E-state index is 5.42. The summed E-state index contributed by atoms with van der Waals surface area (Å²) in [6.45, 7) is 3.20. The Morgan fingerprint density at radius 1 is 1.59 bits per heavy atom. The van der Waals surface area contributed by atoms with Crippen molar-refractivity contribution in [1.29, 1.82) is 0 Å². The zero-order valence-corrected chi connectivity index (χ0v) is 10.3. The van der Waals surface area contributed by atoms with Crippen molar-refractivity contribution >= 4 is 11.6 Å². The van der Waals surface area contributed by atoms with Crippen LogP contribution in [0.4, 0.5) is 11.6 Å². The molecule has 0 saturated carbocycles. The molecule has 1 unspecified atom stereocenters. The van der Waals surface area contributed by atoms with Gasteiger partial charge in [0.25, 0.3) is 0 Å². The Morgan fingerprint density at radius 3 is 3.06 bits per heavy atom. The van der Waals surface area contributed by atoms with Gasteiger partial charge in [-0.05, 0) is 19.3 Å². The summed E-state index contributed by atoms with van der Waals surface area (Å²) >= 11 is 0. The lowest BCUT2D eigenvalue weighted by molar-refractivity contribution is 0.411. The van der Waals surface area contributed by atoms with Gasteiger partial charge in [-0.2, -0.15) is 0 Å². The summed E-state index contributed by atoms with van der Waals surface area (Å²) in [5.41, 5.74) is 2.54. The maximum atomic E-state index is 5.42. The van der Waals surface area contributed by atoms with Gasteiger partial charge in [0.05, 0.1) is 7.11 Å². The molecule has 6 heteroatoms. The minimum atomic E-state index is 0.527. The molecule has 0 amide bonds. The van der Waals surface area contributed by atoms with E-state index in [2.05, 4.69) is 27.2 Å². The number of ether oxygens (including phenoxy) is 1. The first-order chi connectivity index (χ1) is 8.31. The second-order valence-corrected chi connectivity index (χ2v) is 4.12. The zero-order valence-electron chi connectivity index (χ0n) is 10.3. The van der Waals surface area contributed by atoms with Crippen LogP contribution in [0.15, 0.2) is 6.33 Å². The van der Waals surface area contributed by atoms with Crippen molar-refractivity contribution in [2.24, 2.45) is 5.84 Å². The number of aromatic nitrogens is 2. The molecule has 0 spiro atoms. The Hall–Kier alpha value is -1.56. The topological polar surface area (TPSA) is 76.3 Å². The molecule has 1 fully saturated rings. The zero-order chi connectivity index (χ0) is 12.3. The quantitative estimate of drug-likeness (QED) is 0.604. The van der Waals surface area contributed by atoms with E-state index in [4.69, 9.17) is 10.6 Å². The average Bonchev–Trinajstić information content (AvgIpc) is 2.85. The van der Waals surface area contributed by atoms with Gasteiger partial charge in [-0.15, -0.1) is 0 Å². The molecule has 1 aliphatic rings. The third-order valence-electron chi connectivity index (χ3n) is 3.25. The van der Waals surface area contributed by atoms with E-state index in [-0.39, 0.29) is 0 Å². The van der Waals surface area contributed by atoms with Crippen LogP contribution >= 0.6 is 0 Å². The molecule has 2 heterocycles. The van der Waals surface area contributed by atoms with Gasteiger partial charge < -0.3 is 15.1 Å². The van der Waals surface area contributed by atoms with Crippen LogP contribution in [0.3, 0.4) is 0 Å². The van der Waals surface area contributed by atoms with Gasteiger partial charge in [-0.25, -0.2) is 15.8 Å². The van der Waals surface area contributed by atoms with Gasteiger partial charge in [0.1, 0.15) is 6.33 Å². The summed E-state index contributed by atoms with van der Waals surface area (Å²) in [5.74, 6) is 7.40. The molecule has 1 aliphatic heterocycles. The first kappa shape index (κ1) is 11.9. The SMILES string of the molecule is CCC1CCCN1c1ncnc(NN)c1OC. The fraction of sp³-hybridized carbons (Fsp3) is 0.636. The van der Waals surface area contributed by atoms with E-state index in [0.29, 0.717) is 17.6 Å². The lowest BCUT2D eigenvalue weighted by Crippen LogP contribution is -2.30. The van der Waals surface area contributed by atoms with Gasteiger partial charge in [-0.1, -0.05) is 6.92 Å². The molecule has 6 nitrogen and oxygen atoms in total. The number of hydrogen-bond donors (Lipinski definition) is 2. The third-order valence-corrected chi connectivity index (χ3v) is 3.25. The number of anilines is 2. The Balaban J connectivity index is 2.37. The van der Waals surface area contributed by atoms with Crippen LogP contribution in [0.5, 0.6) is 5.75 Å². The van der Waals surface area contributed by atoms with Crippen molar-refractivity contribution in [2.45, 2.75) is 32.2 Å². The molecule has 1 aromatic heterocycles. The minimum absolute atomic E-state index is 0.527. The standard InChI is InChI=1S/C11H19N5O/c1-3-8-5-4-6-16(8)11-9(17-2)10(15-12)13-7-14-11/h7-8H,3-6,12H2,1-2H3,(H,13,14,15). The van der Waals surface area contributed by atoms with Gasteiger partial charge in [-0.3, -0.25) is 0 Å². The van der Waals surface area contributed by atoms with Gasteiger partial charge >= 0.3 is 0 Å². The van der Waals surface area contributed by atoms with Crippen molar-refractivity contribution in [3.8, 4) is 5.75 Å². The molecule has 1 aromatic rings. The Kier molecular flexibility index (Phi) is 3.63. The number of hydrogen-bond acceptors (Lipinski definition) is 6. The molecule has 0 aromatic carbocycles. The van der Waals surface area contributed by atoms with Crippen LogP contribution in [0.2, 0.25) is 0 Å². The summed E-state index contributed by atoms with van der Waals surface area (Å²) in [7, 11) is 1.61. The molecular formula is C11H19N5O. The molecule has 0 bridgehead atoms. The lowest BCUT2D eigenvalue weighted by Gasteiger charge is -2.26. The van der Waals surface area contributed by atoms with E-state index in [1.807, 2.05) is 0 Å². The summed E-state index contributed by atoms with van der Waals surface area (Å²) in [4.78, 5) is 10.7. The second-order valence-electron chi connectivity index (χ2n) is 4.12. The van der Waals surface area contributed by atoms with Gasteiger partial charge in [0, 0.05) is 12.6 Å². The number of rotatable bonds is 4. The number of nitrogens with zero attached hydrogens (tertiary/aromatic N) is 3. The average molecular weight is 237 g/mol. The molecule has 1 saturated heterocycles. The van der Waals surface area contributed by atoms with Crippen molar-refractivity contribution in [3.63, 3.8) is 0 Å². The fourth-order valence-corrected chi connectivity index (χ4v) is 2.40. The first-order valence-electron chi connectivity index (χ1n) is 5.94. The van der Waals surface area contributed by atoms with Crippen molar-refractivity contribution < 1.29 is 4.74 Å². The summed E-state index contributed by atoms with van der Waals surface area (Å²) in [6, 6.07) is 0.532. The normalized spacial score (nSPS) is 19.5. The highest BCUT2D eigenvalue weighted by Gasteiger charge is 2.27. The molecule has 3 N–H and O–H groups in total. The van der Waals surface area contributed by atoms with Crippen molar-refractivity contribution in [3.05, 3.63) is 6.33 Å². The van der Waals surface area contributed by atoms with Crippen LogP contribution in [-0.2, 0) is 0 Å². The fourth-order valence-electron chi connectivity index (χ4n) is 2.40. The van der Waals surface area contributed by atoms with E-state index in [1.54, 1.807) is 7.11 Å². The molecule has 2 rings (SSSR count). The number of hydrazine groups is 1. The van der Waals surface area contributed by atoms with Crippen LogP contribution in [0.25, 0.3) is 0 Å². The van der Waals surface area contributed by atoms with Crippen molar-refractivity contribution in [2.75, 3.05) is 24.0 Å². The van der Waals surface area contributed by atoms with Crippen LogP contribution in [0, 0.1) is 0 Å². The molecule has 94 valence electrons. The van der Waals surface area contributed by atoms with Crippen LogP contribution < -0.4 is 20.9 Å². The van der Waals surface area contributed by atoms with E-state index in [0.717, 1.165) is 18.8 Å². The monoisotopic (exact) mass is 237 g/mol. The summed E-state index contributed by atoms with van der Waals surface area (Å²) in [6.07, 6.45) is 5.02. The second kappa shape index (κ2) is 5.18. The van der Waals surface area contributed by atoms with Crippen molar-refractivity contribution in [1.82, 2.24) is 9.97 Å². The Bertz CT molecular complexity index is 384. The van der Waals surface area contributed by atoms with Gasteiger partial charge in [0.2, 0.25) is 5.75 Å². The highest BCUT2D eigenvalue weighted by atomic mass is 16.5. The Labute approximate surface area is 101 Å². The minimum Gasteiger partial charge on any atom is -0.490 e. The Morgan fingerprint density at radius 2 is 2.41 bits per heavy atom. The number of methoxy groups -OCH3 is 1. The highest BCUT2D eigenvalue weighted by molar-refractivity contribution is 5.65. The number of nitrogens with one attached hydrogen (secondary N) is 1. The number of nitrogen functional groups attached to an aromatic ring is 1. The van der Waals surface area contributed by atoms with E-state index >= 15 is 0 Å². The highest BCUT2D eigenvalue weighted by Crippen LogP contribution is 2.35.